The fourth-order valence-electron chi connectivity index (χ4n) is 4.32. The minimum Gasteiger partial charge on any atom is -0.482 e. The van der Waals surface area contributed by atoms with Crippen LogP contribution in [0.2, 0.25) is 0 Å². The van der Waals surface area contributed by atoms with Crippen molar-refractivity contribution in [1.29, 1.82) is 0 Å². The number of carbonyl (C=O) groups excluding carboxylic acids is 2. The second-order valence-electron chi connectivity index (χ2n) is 9.01. The van der Waals surface area contributed by atoms with E-state index in [-0.39, 0.29) is 37.3 Å². The highest BCUT2D eigenvalue weighted by molar-refractivity contribution is 14.1. The normalized spacial score (nSPS) is 25.5. The number of aliphatic hydroxyl groups excluding tert-OH is 2. The Balaban J connectivity index is 1.61. The molecule has 3 unspecified atom stereocenters. The molecule has 174 valence electrons. The lowest BCUT2D eigenvalue weighted by Gasteiger charge is -2.43. The Morgan fingerprint density at radius 1 is 1.19 bits per heavy atom. The summed E-state index contributed by atoms with van der Waals surface area (Å²) in [5.74, 6) is 0.918. The average Bonchev–Trinajstić information content (AvgIpc) is 3.56. The van der Waals surface area contributed by atoms with Crippen LogP contribution in [0.4, 0.5) is 0 Å². The van der Waals surface area contributed by atoms with E-state index >= 15 is 0 Å². The summed E-state index contributed by atoms with van der Waals surface area (Å²) in [6.07, 6.45) is 5.29. The minimum absolute atomic E-state index is 0.0213. The van der Waals surface area contributed by atoms with Gasteiger partial charge in [0.2, 0.25) is 11.8 Å². The molecule has 3 atom stereocenters. The third-order valence-electron chi connectivity index (χ3n) is 6.60. The fourth-order valence-corrected chi connectivity index (χ4v) is 4.84. The molecule has 2 saturated carbocycles. The van der Waals surface area contributed by atoms with Gasteiger partial charge in [-0.3, -0.25) is 9.59 Å². The average molecular weight is 554 g/mol. The molecular formula is C24H31IN2O5. The second kappa shape index (κ2) is 10.5. The number of carbonyl (C=O) groups is 2. The van der Waals surface area contributed by atoms with Crippen LogP contribution in [0.5, 0.6) is 5.75 Å². The van der Waals surface area contributed by atoms with Crippen molar-refractivity contribution in [2.75, 3.05) is 19.7 Å². The van der Waals surface area contributed by atoms with E-state index in [2.05, 4.69) is 27.9 Å². The van der Waals surface area contributed by atoms with Gasteiger partial charge in [0.05, 0.1) is 16.2 Å². The maximum atomic E-state index is 13.3. The van der Waals surface area contributed by atoms with Crippen molar-refractivity contribution in [3.05, 3.63) is 39.5 Å². The van der Waals surface area contributed by atoms with Gasteiger partial charge in [-0.25, -0.2) is 0 Å². The summed E-state index contributed by atoms with van der Waals surface area (Å²) >= 11 is 2.18. The van der Waals surface area contributed by atoms with Gasteiger partial charge in [0.25, 0.3) is 0 Å². The third-order valence-corrected chi connectivity index (χ3v) is 7.49. The quantitative estimate of drug-likeness (QED) is 0.407. The number of hydrogen-bond donors (Lipinski definition) is 3. The smallest absolute Gasteiger partial charge is 0.247 e. The number of halogens is 1. The minimum atomic E-state index is -0.942. The molecule has 2 amide bonds. The zero-order valence-corrected chi connectivity index (χ0v) is 20.2. The molecule has 0 spiro atoms. The van der Waals surface area contributed by atoms with Crippen LogP contribution in [0.1, 0.15) is 38.5 Å². The number of aliphatic hydroxyl groups is 2. The molecule has 0 aliphatic heterocycles. The van der Waals surface area contributed by atoms with Gasteiger partial charge in [0.15, 0.2) is 0 Å². The van der Waals surface area contributed by atoms with Gasteiger partial charge in [-0.05, 0) is 72.4 Å². The molecule has 0 saturated heterocycles. The van der Waals surface area contributed by atoms with Crippen LogP contribution in [0.25, 0.3) is 0 Å². The van der Waals surface area contributed by atoms with Crippen LogP contribution >= 0.6 is 22.6 Å². The zero-order chi connectivity index (χ0) is 22.7. The van der Waals surface area contributed by atoms with E-state index in [1.807, 2.05) is 29.2 Å². The summed E-state index contributed by atoms with van der Waals surface area (Å²) in [6, 6.07) is 7.00. The molecule has 3 aliphatic carbocycles. The number of ether oxygens (including phenoxy) is 1. The van der Waals surface area contributed by atoms with Crippen LogP contribution < -0.4 is 10.1 Å². The van der Waals surface area contributed by atoms with Crippen molar-refractivity contribution >= 4 is 34.4 Å². The van der Waals surface area contributed by atoms with Crippen LogP contribution in [0, 0.1) is 15.4 Å². The van der Waals surface area contributed by atoms with E-state index in [0.717, 1.165) is 35.7 Å². The van der Waals surface area contributed by atoms with Crippen molar-refractivity contribution in [3.63, 3.8) is 0 Å². The molecule has 0 aromatic heterocycles. The van der Waals surface area contributed by atoms with Crippen LogP contribution in [0.15, 0.2) is 35.9 Å². The van der Waals surface area contributed by atoms with E-state index in [1.165, 1.54) is 0 Å². The highest BCUT2D eigenvalue weighted by atomic mass is 127. The Kier molecular flexibility index (Phi) is 7.73. The van der Waals surface area contributed by atoms with E-state index in [1.54, 1.807) is 6.08 Å². The van der Waals surface area contributed by atoms with Crippen molar-refractivity contribution in [2.45, 2.75) is 56.8 Å². The SMILES string of the molecule is O=C(NCCO)C1=CC(Oc2ccccc2I)C(O)C(N(CC2CC2)C(=O)C2CCC2)C1. The molecular weight excluding hydrogens is 523 g/mol. The Morgan fingerprint density at radius 2 is 1.94 bits per heavy atom. The number of para-hydroxylation sites is 1. The topological polar surface area (TPSA) is 99.1 Å². The summed E-state index contributed by atoms with van der Waals surface area (Å²) in [5, 5.41) is 23.1. The molecule has 1 aromatic carbocycles. The van der Waals surface area contributed by atoms with Gasteiger partial charge in [-0.2, -0.15) is 0 Å². The molecule has 0 bridgehead atoms. The Morgan fingerprint density at radius 3 is 2.56 bits per heavy atom. The first-order valence-electron chi connectivity index (χ1n) is 11.5. The van der Waals surface area contributed by atoms with Crippen LogP contribution in [-0.4, -0.2) is 64.9 Å². The molecule has 4 rings (SSSR count). The van der Waals surface area contributed by atoms with Gasteiger partial charge in [0.1, 0.15) is 18.0 Å². The number of benzene rings is 1. The van der Waals surface area contributed by atoms with Gasteiger partial charge in [-0.1, -0.05) is 18.6 Å². The van der Waals surface area contributed by atoms with Crippen molar-refractivity contribution in [2.24, 2.45) is 11.8 Å². The first kappa shape index (κ1) is 23.5. The van der Waals surface area contributed by atoms with Gasteiger partial charge in [0, 0.05) is 31.0 Å². The molecule has 3 aliphatic rings. The highest BCUT2D eigenvalue weighted by Crippen LogP contribution is 2.37. The summed E-state index contributed by atoms with van der Waals surface area (Å²) in [7, 11) is 0. The van der Waals surface area contributed by atoms with Crippen molar-refractivity contribution < 1.29 is 24.5 Å². The fraction of sp³-hybridized carbons (Fsp3) is 0.583. The van der Waals surface area contributed by atoms with Gasteiger partial charge < -0.3 is 25.2 Å². The van der Waals surface area contributed by atoms with E-state index in [0.29, 0.717) is 23.8 Å². The van der Waals surface area contributed by atoms with Crippen LogP contribution in [0.3, 0.4) is 0 Å². The molecule has 1 aromatic rings. The first-order valence-corrected chi connectivity index (χ1v) is 12.5. The Labute approximate surface area is 202 Å². The molecule has 32 heavy (non-hydrogen) atoms. The predicted octanol–water partition coefficient (Wildman–Crippen LogP) is 2.25. The van der Waals surface area contributed by atoms with E-state index < -0.39 is 18.2 Å². The Bertz CT molecular complexity index is 868. The molecule has 0 heterocycles. The molecule has 3 N–H and O–H groups in total. The number of nitrogens with one attached hydrogen (secondary N) is 1. The molecule has 0 radical (unpaired) electrons. The number of hydrogen-bond acceptors (Lipinski definition) is 5. The summed E-state index contributed by atoms with van der Waals surface area (Å²) < 4.78 is 7.07. The molecule has 8 heteroatoms. The van der Waals surface area contributed by atoms with Gasteiger partial charge in [-0.15, -0.1) is 0 Å². The van der Waals surface area contributed by atoms with E-state index in [4.69, 9.17) is 9.84 Å². The lowest BCUT2D eigenvalue weighted by molar-refractivity contribution is -0.145. The van der Waals surface area contributed by atoms with Crippen molar-refractivity contribution in [3.8, 4) is 5.75 Å². The lowest BCUT2D eigenvalue weighted by atomic mass is 9.82. The van der Waals surface area contributed by atoms with E-state index in [9.17, 15) is 14.7 Å². The largest absolute Gasteiger partial charge is 0.482 e. The Hall–Kier alpha value is -1.65. The second-order valence-corrected chi connectivity index (χ2v) is 10.2. The number of rotatable bonds is 9. The number of nitrogens with zero attached hydrogens (tertiary/aromatic N) is 1. The van der Waals surface area contributed by atoms with Gasteiger partial charge >= 0.3 is 0 Å². The maximum absolute atomic E-state index is 13.3. The van der Waals surface area contributed by atoms with Crippen molar-refractivity contribution in [1.82, 2.24) is 10.2 Å². The highest BCUT2D eigenvalue weighted by Gasteiger charge is 2.44. The third kappa shape index (κ3) is 5.46. The number of amides is 2. The lowest BCUT2D eigenvalue weighted by Crippen LogP contribution is -2.57. The van der Waals surface area contributed by atoms with Crippen LogP contribution in [-0.2, 0) is 9.59 Å². The predicted molar refractivity (Wildman–Crippen MR) is 128 cm³/mol. The zero-order valence-electron chi connectivity index (χ0n) is 18.1. The standard InChI is InChI=1S/C24H31IN2O5/c25-18-6-1-2-7-20(18)32-21-13-17(23(30)26-10-11-28)12-19(22(21)29)27(14-15-8-9-15)24(31)16-4-3-5-16/h1-2,6-7,13,15-16,19,21-22,28-29H,3-5,8-12,14H2,(H,26,30). The maximum Gasteiger partial charge on any atom is 0.247 e. The summed E-state index contributed by atoms with van der Waals surface area (Å²) in [6.45, 7) is 0.623. The summed E-state index contributed by atoms with van der Waals surface area (Å²) in [4.78, 5) is 27.9. The molecule has 7 nitrogen and oxygen atoms in total. The monoisotopic (exact) mass is 554 g/mol. The first-order chi connectivity index (χ1) is 15.5. The molecule has 2 fully saturated rings. The summed E-state index contributed by atoms with van der Waals surface area (Å²) in [5.41, 5.74) is 0.479.